The summed E-state index contributed by atoms with van der Waals surface area (Å²) in [5, 5.41) is 9.90. The minimum absolute atomic E-state index is 0.0982. The molecule has 0 aliphatic heterocycles. The predicted octanol–water partition coefficient (Wildman–Crippen LogP) is 2.85. The Balaban J connectivity index is 2.94. The van der Waals surface area contributed by atoms with Gasteiger partial charge in [-0.05, 0) is 18.1 Å². The lowest BCUT2D eigenvalue weighted by Crippen LogP contribution is -2.07. The van der Waals surface area contributed by atoms with Crippen molar-refractivity contribution in [3.05, 3.63) is 48.0 Å². The van der Waals surface area contributed by atoms with Gasteiger partial charge in [0.2, 0.25) is 0 Å². The third kappa shape index (κ3) is 2.19. The fourth-order valence-corrected chi connectivity index (χ4v) is 1.33. The van der Waals surface area contributed by atoms with Crippen LogP contribution in [-0.2, 0) is 0 Å². The smallest absolute Gasteiger partial charge is 0.0852 e. The zero-order valence-electron chi connectivity index (χ0n) is 8.20. The summed E-state index contributed by atoms with van der Waals surface area (Å²) in [6, 6.07) is 7.89. The summed E-state index contributed by atoms with van der Waals surface area (Å²) in [6.45, 7) is 7.65. The van der Waals surface area contributed by atoms with Gasteiger partial charge in [-0.2, -0.15) is 0 Å². The summed E-state index contributed by atoms with van der Waals surface area (Å²) in [4.78, 5) is 0. The van der Waals surface area contributed by atoms with Crippen LogP contribution in [0.1, 0.15) is 24.2 Å². The molecular formula is C12H16O. The van der Waals surface area contributed by atoms with Crippen LogP contribution in [0.4, 0.5) is 0 Å². The zero-order valence-corrected chi connectivity index (χ0v) is 8.20. The molecule has 0 bridgehead atoms. The summed E-state index contributed by atoms with van der Waals surface area (Å²) < 4.78 is 0. The van der Waals surface area contributed by atoms with Crippen molar-refractivity contribution in [1.82, 2.24) is 0 Å². The molecule has 1 nitrogen and oxygen atoms in total. The number of hydrogen-bond acceptors (Lipinski definition) is 1. The summed E-state index contributed by atoms with van der Waals surface area (Å²) >= 11 is 0. The molecule has 1 aromatic carbocycles. The Bertz CT molecular complexity index is 291. The molecule has 0 heterocycles. The average Bonchev–Trinajstić information content (AvgIpc) is 2.16. The van der Waals surface area contributed by atoms with E-state index in [1.807, 2.05) is 38.1 Å². The molecule has 2 atom stereocenters. The summed E-state index contributed by atoms with van der Waals surface area (Å²) in [5.41, 5.74) is 2.12. The van der Waals surface area contributed by atoms with Gasteiger partial charge in [-0.25, -0.2) is 0 Å². The molecule has 0 aromatic heterocycles. The van der Waals surface area contributed by atoms with E-state index in [-0.39, 0.29) is 5.92 Å². The summed E-state index contributed by atoms with van der Waals surface area (Å²) in [5.74, 6) is 0.0982. The minimum Gasteiger partial charge on any atom is -0.388 e. The third-order valence-electron chi connectivity index (χ3n) is 2.38. The van der Waals surface area contributed by atoms with E-state index in [0.717, 1.165) is 11.1 Å². The van der Waals surface area contributed by atoms with Crippen LogP contribution >= 0.6 is 0 Å². The molecule has 13 heavy (non-hydrogen) atoms. The molecule has 1 heteroatoms. The van der Waals surface area contributed by atoms with Crippen molar-refractivity contribution >= 4 is 0 Å². The first kappa shape index (κ1) is 10.0. The average molecular weight is 176 g/mol. The van der Waals surface area contributed by atoms with Gasteiger partial charge < -0.3 is 5.11 Å². The van der Waals surface area contributed by atoms with Gasteiger partial charge in [0.05, 0.1) is 6.10 Å². The number of aliphatic hydroxyl groups excluding tert-OH is 1. The summed E-state index contributed by atoms with van der Waals surface area (Å²) in [6.07, 6.45) is 1.34. The first-order valence-electron chi connectivity index (χ1n) is 4.53. The molecule has 70 valence electrons. The van der Waals surface area contributed by atoms with Gasteiger partial charge in [-0.3, -0.25) is 0 Å². The molecule has 1 rings (SSSR count). The van der Waals surface area contributed by atoms with Crippen molar-refractivity contribution in [1.29, 1.82) is 0 Å². The predicted molar refractivity (Wildman–Crippen MR) is 55.5 cm³/mol. The summed E-state index contributed by atoms with van der Waals surface area (Å²) in [7, 11) is 0. The van der Waals surface area contributed by atoms with Crippen molar-refractivity contribution in [3.8, 4) is 0 Å². The first-order chi connectivity index (χ1) is 6.16. The van der Waals surface area contributed by atoms with E-state index in [9.17, 15) is 5.11 Å². The van der Waals surface area contributed by atoms with E-state index in [1.54, 1.807) is 6.08 Å². The number of aliphatic hydroxyl groups is 1. The van der Waals surface area contributed by atoms with E-state index < -0.39 is 6.10 Å². The van der Waals surface area contributed by atoms with Crippen LogP contribution in [0.3, 0.4) is 0 Å². The maximum Gasteiger partial charge on any atom is 0.0852 e. The topological polar surface area (TPSA) is 20.2 Å². The number of hydrogen-bond donors (Lipinski definition) is 1. The minimum atomic E-state index is -0.432. The Morgan fingerprint density at radius 2 is 2.00 bits per heavy atom. The molecule has 0 amide bonds. The molecule has 1 N–H and O–H groups in total. The Hall–Kier alpha value is -1.08. The highest BCUT2D eigenvalue weighted by Crippen LogP contribution is 2.24. The van der Waals surface area contributed by atoms with E-state index in [2.05, 4.69) is 6.58 Å². The van der Waals surface area contributed by atoms with Gasteiger partial charge in [-0.1, -0.05) is 37.3 Å². The number of rotatable bonds is 3. The highest BCUT2D eigenvalue weighted by molar-refractivity contribution is 5.28. The Morgan fingerprint density at radius 1 is 1.38 bits per heavy atom. The second kappa shape index (κ2) is 4.24. The second-order valence-corrected chi connectivity index (χ2v) is 3.40. The van der Waals surface area contributed by atoms with Gasteiger partial charge in [-0.15, -0.1) is 6.58 Å². The highest BCUT2D eigenvalue weighted by atomic mass is 16.3. The quantitative estimate of drug-likeness (QED) is 0.702. The normalized spacial score (nSPS) is 15.0. The van der Waals surface area contributed by atoms with E-state index in [4.69, 9.17) is 0 Å². The zero-order chi connectivity index (χ0) is 9.84. The molecule has 0 saturated carbocycles. The molecule has 0 spiro atoms. The molecule has 0 fully saturated rings. The van der Waals surface area contributed by atoms with Crippen LogP contribution in [0.25, 0.3) is 0 Å². The van der Waals surface area contributed by atoms with Crippen molar-refractivity contribution in [2.45, 2.75) is 20.0 Å². The molecular weight excluding hydrogens is 160 g/mol. The van der Waals surface area contributed by atoms with Crippen LogP contribution in [0, 0.1) is 12.8 Å². The monoisotopic (exact) mass is 176 g/mol. The second-order valence-electron chi connectivity index (χ2n) is 3.40. The lowest BCUT2D eigenvalue weighted by atomic mass is 9.94. The molecule has 0 unspecified atom stereocenters. The molecule has 0 aliphatic rings. The fourth-order valence-electron chi connectivity index (χ4n) is 1.33. The largest absolute Gasteiger partial charge is 0.388 e. The number of benzene rings is 1. The maximum absolute atomic E-state index is 9.90. The Labute approximate surface area is 79.7 Å². The van der Waals surface area contributed by atoms with Crippen molar-refractivity contribution < 1.29 is 5.11 Å². The Morgan fingerprint density at radius 3 is 2.54 bits per heavy atom. The van der Waals surface area contributed by atoms with Gasteiger partial charge in [0.15, 0.2) is 0 Å². The first-order valence-corrected chi connectivity index (χ1v) is 4.53. The van der Waals surface area contributed by atoms with E-state index in [1.165, 1.54) is 0 Å². The van der Waals surface area contributed by atoms with Gasteiger partial charge >= 0.3 is 0 Å². The number of aryl methyl sites for hydroxylation is 1. The van der Waals surface area contributed by atoms with E-state index in [0.29, 0.717) is 0 Å². The van der Waals surface area contributed by atoms with Crippen molar-refractivity contribution in [2.24, 2.45) is 5.92 Å². The highest BCUT2D eigenvalue weighted by Gasteiger charge is 2.14. The van der Waals surface area contributed by atoms with Gasteiger partial charge in [0.25, 0.3) is 0 Å². The standard InChI is InChI=1S/C12H16O/c1-4-9(2)12(13)11-8-6-5-7-10(11)3/h4-9,12-13H,1H2,2-3H3/t9-,12+/m1/s1. The maximum atomic E-state index is 9.90. The molecule has 1 aromatic rings. The van der Waals surface area contributed by atoms with Crippen molar-refractivity contribution in [3.63, 3.8) is 0 Å². The third-order valence-corrected chi connectivity index (χ3v) is 2.38. The molecule has 0 radical (unpaired) electrons. The Kier molecular flexibility index (Phi) is 3.26. The lowest BCUT2D eigenvalue weighted by molar-refractivity contribution is 0.139. The SMILES string of the molecule is C=C[C@@H](C)[C@H](O)c1ccccc1C. The van der Waals surface area contributed by atoms with E-state index >= 15 is 0 Å². The van der Waals surface area contributed by atoms with Crippen molar-refractivity contribution in [2.75, 3.05) is 0 Å². The molecule has 0 aliphatic carbocycles. The van der Waals surface area contributed by atoms with Crippen LogP contribution in [0.5, 0.6) is 0 Å². The van der Waals surface area contributed by atoms with Gasteiger partial charge in [0, 0.05) is 5.92 Å². The lowest BCUT2D eigenvalue weighted by Gasteiger charge is -2.17. The van der Waals surface area contributed by atoms with Crippen LogP contribution in [-0.4, -0.2) is 5.11 Å². The van der Waals surface area contributed by atoms with Crippen LogP contribution in [0.2, 0.25) is 0 Å². The molecule has 0 saturated heterocycles. The van der Waals surface area contributed by atoms with Gasteiger partial charge in [0.1, 0.15) is 0 Å². The fraction of sp³-hybridized carbons (Fsp3) is 0.333. The van der Waals surface area contributed by atoms with Crippen LogP contribution < -0.4 is 0 Å². The van der Waals surface area contributed by atoms with Crippen LogP contribution in [0.15, 0.2) is 36.9 Å².